The summed E-state index contributed by atoms with van der Waals surface area (Å²) in [6.45, 7) is 1.82. The number of carbonyl (C=O) groups is 2. The van der Waals surface area contributed by atoms with Gasteiger partial charge < -0.3 is 20.1 Å². The zero-order valence-corrected chi connectivity index (χ0v) is 21.9. The SMILES string of the molecule is COc1cc2ncnc(N(C)C(=O)Nc3cc(C(=O)Nc4c(Cl)cccc4Cl)ccc3C)c2cc1OC. The minimum absolute atomic E-state index is 0.309. The maximum absolute atomic E-state index is 13.2. The number of aromatic nitrogens is 2. The number of nitrogens with one attached hydrogen (secondary N) is 2. The van der Waals surface area contributed by atoms with Gasteiger partial charge >= 0.3 is 6.03 Å². The molecular formula is C26H23Cl2N5O4. The van der Waals surface area contributed by atoms with E-state index in [4.69, 9.17) is 32.7 Å². The first kappa shape index (κ1) is 26.0. The molecule has 3 aromatic carbocycles. The van der Waals surface area contributed by atoms with Crippen molar-refractivity contribution in [3.63, 3.8) is 0 Å². The average molecular weight is 540 g/mol. The fourth-order valence-corrected chi connectivity index (χ4v) is 4.12. The molecule has 0 spiro atoms. The smallest absolute Gasteiger partial charge is 0.327 e. The van der Waals surface area contributed by atoms with Gasteiger partial charge in [-0.05, 0) is 42.8 Å². The topological polar surface area (TPSA) is 106 Å². The second kappa shape index (κ2) is 10.9. The van der Waals surface area contributed by atoms with Crippen LogP contribution in [0.1, 0.15) is 15.9 Å². The van der Waals surface area contributed by atoms with Gasteiger partial charge in [-0.15, -0.1) is 0 Å². The second-order valence-electron chi connectivity index (χ2n) is 7.99. The summed E-state index contributed by atoms with van der Waals surface area (Å²) in [4.78, 5) is 36.0. The number of rotatable bonds is 6. The van der Waals surface area contributed by atoms with Gasteiger partial charge in [-0.3, -0.25) is 9.69 Å². The van der Waals surface area contributed by atoms with Crippen LogP contribution in [0.5, 0.6) is 11.5 Å². The van der Waals surface area contributed by atoms with Gasteiger partial charge in [-0.2, -0.15) is 0 Å². The molecule has 0 aliphatic carbocycles. The van der Waals surface area contributed by atoms with Crippen molar-refractivity contribution < 1.29 is 19.1 Å². The Morgan fingerprint density at radius 2 is 1.59 bits per heavy atom. The van der Waals surface area contributed by atoms with Crippen LogP contribution < -0.4 is 25.0 Å². The fraction of sp³-hybridized carbons (Fsp3) is 0.154. The lowest BCUT2D eigenvalue weighted by atomic mass is 10.1. The number of hydrogen-bond acceptors (Lipinski definition) is 6. The molecule has 0 aliphatic heterocycles. The molecule has 0 unspecified atom stereocenters. The van der Waals surface area contributed by atoms with E-state index in [9.17, 15) is 9.59 Å². The van der Waals surface area contributed by atoms with Crippen molar-refractivity contribution in [2.24, 2.45) is 0 Å². The van der Waals surface area contributed by atoms with Crippen molar-refractivity contribution in [2.45, 2.75) is 6.92 Å². The van der Waals surface area contributed by atoms with Crippen LogP contribution in [0.25, 0.3) is 10.9 Å². The molecule has 0 bridgehead atoms. The number of para-hydroxylation sites is 1. The van der Waals surface area contributed by atoms with E-state index in [1.165, 1.54) is 25.4 Å². The first-order chi connectivity index (χ1) is 17.7. The van der Waals surface area contributed by atoms with E-state index in [0.29, 0.717) is 55.2 Å². The lowest BCUT2D eigenvalue weighted by molar-refractivity contribution is 0.102. The van der Waals surface area contributed by atoms with E-state index < -0.39 is 11.9 Å². The highest BCUT2D eigenvalue weighted by atomic mass is 35.5. The van der Waals surface area contributed by atoms with Gasteiger partial charge in [-0.25, -0.2) is 14.8 Å². The van der Waals surface area contributed by atoms with Gasteiger partial charge in [0, 0.05) is 29.8 Å². The number of methoxy groups -OCH3 is 2. The van der Waals surface area contributed by atoms with Crippen LogP contribution in [0.2, 0.25) is 10.0 Å². The molecule has 0 saturated carbocycles. The van der Waals surface area contributed by atoms with Crippen molar-refractivity contribution in [3.8, 4) is 11.5 Å². The van der Waals surface area contributed by atoms with E-state index >= 15 is 0 Å². The molecule has 3 amide bonds. The molecule has 0 saturated heterocycles. The van der Waals surface area contributed by atoms with Gasteiger partial charge in [0.1, 0.15) is 12.1 Å². The van der Waals surface area contributed by atoms with Gasteiger partial charge in [0.2, 0.25) is 0 Å². The number of amides is 3. The third-order valence-corrected chi connectivity index (χ3v) is 6.31. The largest absolute Gasteiger partial charge is 0.493 e. The summed E-state index contributed by atoms with van der Waals surface area (Å²) < 4.78 is 10.7. The molecule has 4 aromatic rings. The van der Waals surface area contributed by atoms with E-state index in [1.54, 1.807) is 55.6 Å². The standard InChI is InChI=1S/C26H23Cl2N5O4/c1-14-8-9-15(25(34)32-23-17(27)6-5-7-18(23)28)10-19(14)31-26(35)33(2)24-16-11-21(36-3)22(37-4)12-20(16)29-13-30-24/h5-13H,1-4H3,(H,31,35)(H,32,34). The number of aryl methyl sites for hydroxylation is 1. The maximum atomic E-state index is 13.2. The molecule has 9 nitrogen and oxygen atoms in total. The predicted molar refractivity (Wildman–Crippen MR) is 146 cm³/mol. The Morgan fingerprint density at radius 3 is 2.27 bits per heavy atom. The number of carbonyl (C=O) groups excluding carboxylic acids is 2. The Kier molecular flexibility index (Phi) is 7.66. The molecule has 0 radical (unpaired) electrons. The Labute approximate surface area is 223 Å². The van der Waals surface area contributed by atoms with E-state index in [0.717, 1.165) is 5.56 Å². The molecule has 0 aliphatic rings. The van der Waals surface area contributed by atoms with Crippen molar-refractivity contribution in [2.75, 3.05) is 36.8 Å². The molecule has 37 heavy (non-hydrogen) atoms. The Morgan fingerprint density at radius 1 is 0.919 bits per heavy atom. The lowest BCUT2D eigenvalue weighted by Crippen LogP contribution is -2.32. The minimum Gasteiger partial charge on any atom is -0.493 e. The summed E-state index contributed by atoms with van der Waals surface area (Å²) in [5, 5.41) is 6.79. The third kappa shape index (κ3) is 5.37. The Bertz CT molecular complexity index is 1490. The number of hydrogen-bond donors (Lipinski definition) is 2. The minimum atomic E-state index is -0.468. The van der Waals surface area contributed by atoms with E-state index in [2.05, 4.69) is 20.6 Å². The molecule has 2 N–H and O–H groups in total. The van der Waals surface area contributed by atoms with Crippen molar-refractivity contribution >= 4 is 63.2 Å². The van der Waals surface area contributed by atoms with Crippen LogP contribution in [0.15, 0.2) is 54.9 Å². The van der Waals surface area contributed by atoms with Gasteiger partial charge in [0.15, 0.2) is 11.5 Å². The second-order valence-corrected chi connectivity index (χ2v) is 8.81. The monoisotopic (exact) mass is 539 g/mol. The summed E-state index contributed by atoms with van der Waals surface area (Å²) in [5.41, 5.74) is 2.41. The lowest BCUT2D eigenvalue weighted by Gasteiger charge is -2.20. The number of nitrogens with zero attached hydrogens (tertiary/aromatic N) is 3. The zero-order valence-electron chi connectivity index (χ0n) is 20.4. The van der Waals surface area contributed by atoms with Crippen LogP contribution in [-0.2, 0) is 0 Å². The average Bonchev–Trinajstić information content (AvgIpc) is 2.90. The molecule has 0 fully saturated rings. The highest BCUT2D eigenvalue weighted by molar-refractivity contribution is 6.40. The van der Waals surface area contributed by atoms with Crippen molar-refractivity contribution in [1.82, 2.24) is 9.97 Å². The molecular weight excluding hydrogens is 517 g/mol. The zero-order chi connectivity index (χ0) is 26.7. The highest BCUT2D eigenvalue weighted by Crippen LogP contribution is 2.35. The molecule has 0 atom stereocenters. The van der Waals surface area contributed by atoms with Crippen LogP contribution >= 0.6 is 23.2 Å². The first-order valence-corrected chi connectivity index (χ1v) is 11.8. The molecule has 190 valence electrons. The van der Waals surface area contributed by atoms with Crippen LogP contribution in [0.3, 0.4) is 0 Å². The number of ether oxygens (including phenoxy) is 2. The van der Waals surface area contributed by atoms with Crippen LogP contribution in [-0.4, -0.2) is 43.2 Å². The number of fused-ring (bicyclic) bond motifs is 1. The molecule has 1 heterocycles. The van der Waals surface area contributed by atoms with Gasteiger partial charge in [0.25, 0.3) is 5.91 Å². The van der Waals surface area contributed by atoms with Crippen LogP contribution in [0.4, 0.5) is 22.0 Å². The van der Waals surface area contributed by atoms with Crippen molar-refractivity contribution in [3.05, 3.63) is 76.0 Å². The summed E-state index contributed by atoms with van der Waals surface area (Å²) in [6.07, 6.45) is 1.36. The third-order valence-electron chi connectivity index (χ3n) is 5.68. The maximum Gasteiger partial charge on any atom is 0.327 e. The Hall–Kier alpha value is -4.08. The summed E-state index contributed by atoms with van der Waals surface area (Å²) >= 11 is 12.3. The van der Waals surface area contributed by atoms with E-state index in [-0.39, 0.29) is 0 Å². The summed E-state index contributed by atoms with van der Waals surface area (Å²) in [6, 6.07) is 12.8. The number of benzene rings is 3. The first-order valence-electron chi connectivity index (χ1n) is 11.0. The number of halogens is 2. The molecule has 1 aromatic heterocycles. The normalized spacial score (nSPS) is 10.6. The van der Waals surface area contributed by atoms with Crippen LogP contribution in [0, 0.1) is 6.92 Å². The predicted octanol–water partition coefficient (Wildman–Crippen LogP) is 6.18. The van der Waals surface area contributed by atoms with Gasteiger partial charge in [0.05, 0.1) is 35.5 Å². The number of urea groups is 1. The summed E-state index contributed by atoms with van der Waals surface area (Å²) in [7, 11) is 4.64. The molecule has 4 rings (SSSR count). The van der Waals surface area contributed by atoms with E-state index in [1.807, 2.05) is 6.92 Å². The Balaban J connectivity index is 1.59. The number of anilines is 3. The summed E-state index contributed by atoms with van der Waals surface area (Å²) in [5.74, 6) is 0.925. The quantitative estimate of drug-likeness (QED) is 0.303. The van der Waals surface area contributed by atoms with Gasteiger partial charge in [-0.1, -0.05) is 35.3 Å². The van der Waals surface area contributed by atoms with Crippen molar-refractivity contribution in [1.29, 1.82) is 0 Å². The molecule has 11 heteroatoms. The highest BCUT2D eigenvalue weighted by Gasteiger charge is 2.20. The fourth-order valence-electron chi connectivity index (χ4n) is 3.63.